The van der Waals surface area contributed by atoms with E-state index in [-0.39, 0.29) is 0 Å². The van der Waals surface area contributed by atoms with Gasteiger partial charge in [-0.15, -0.1) is 0 Å². The summed E-state index contributed by atoms with van der Waals surface area (Å²) in [5, 5.41) is 0. The minimum absolute atomic E-state index is 0.911. The molecule has 118 valence electrons. The standard InChI is InChI=1S/C22H19NO/c1-24-17-21(19-12-6-3-7-13-19)20-14-8-9-15-22(20)23-16-18-10-4-2-5-11-18/h2-17H,1H3/b21-17-,23-16?. The molecule has 2 heteroatoms. The summed E-state index contributed by atoms with van der Waals surface area (Å²) in [4.78, 5) is 4.68. The van der Waals surface area contributed by atoms with Gasteiger partial charge in [-0.25, -0.2) is 0 Å². The minimum atomic E-state index is 0.911. The summed E-state index contributed by atoms with van der Waals surface area (Å²) in [6.07, 6.45) is 3.65. The first-order valence-corrected chi connectivity index (χ1v) is 7.85. The van der Waals surface area contributed by atoms with Crippen LogP contribution in [0, 0.1) is 0 Å². The van der Waals surface area contributed by atoms with Crippen LogP contribution >= 0.6 is 0 Å². The molecule has 0 aliphatic carbocycles. The van der Waals surface area contributed by atoms with Gasteiger partial charge in [0, 0.05) is 17.4 Å². The van der Waals surface area contributed by atoms with Gasteiger partial charge in [-0.05, 0) is 17.2 Å². The van der Waals surface area contributed by atoms with E-state index in [9.17, 15) is 0 Å². The van der Waals surface area contributed by atoms with E-state index in [4.69, 9.17) is 4.74 Å². The molecule has 24 heavy (non-hydrogen) atoms. The van der Waals surface area contributed by atoms with E-state index in [2.05, 4.69) is 23.2 Å². The van der Waals surface area contributed by atoms with Crippen LogP contribution in [-0.4, -0.2) is 13.3 Å². The van der Waals surface area contributed by atoms with Gasteiger partial charge in [0.15, 0.2) is 0 Å². The van der Waals surface area contributed by atoms with Crippen molar-refractivity contribution >= 4 is 17.5 Å². The van der Waals surface area contributed by atoms with Crippen molar-refractivity contribution in [3.8, 4) is 0 Å². The van der Waals surface area contributed by atoms with Crippen LogP contribution < -0.4 is 0 Å². The number of methoxy groups -OCH3 is 1. The molecular formula is C22H19NO. The predicted molar refractivity (Wildman–Crippen MR) is 101 cm³/mol. The zero-order valence-electron chi connectivity index (χ0n) is 13.6. The Morgan fingerprint density at radius 2 is 1.42 bits per heavy atom. The van der Waals surface area contributed by atoms with Gasteiger partial charge >= 0.3 is 0 Å². The first kappa shape index (κ1) is 15.8. The number of hydrogen-bond acceptors (Lipinski definition) is 2. The summed E-state index contributed by atoms with van der Waals surface area (Å²) in [5.74, 6) is 0. The molecule has 0 N–H and O–H groups in total. The molecule has 3 aromatic rings. The van der Waals surface area contributed by atoms with Crippen molar-refractivity contribution in [2.24, 2.45) is 4.99 Å². The van der Waals surface area contributed by atoms with Crippen molar-refractivity contribution in [3.05, 3.63) is 108 Å². The first-order valence-electron chi connectivity index (χ1n) is 7.85. The second kappa shape index (κ2) is 7.93. The van der Waals surface area contributed by atoms with Crippen LogP contribution in [0.25, 0.3) is 5.57 Å². The lowest BCUT2D eigenvalue weighted by Crippen LogP contribution is -1.90. The average Bonchev–Trinajstić information content (AvgIpc) is 2.66. The number of aliphatic imine (C=N–C) groups is 1. The first-order chi connectivity index (χ1) is 11.9. The molecule has 2 nitrogen and oxygen atoms in total. The van der Waals surface area contributed by atoms with Crippen molar-refractivity contribution in [2.75, 3.05) is 7.11 Å². The highest BCUT2D eigenvalue weighted by atomic mass is 16.5. The van der Waals surface area contributed by atoms with Gasteiger partial charge in [-0.3, -0.25) is 4.99 Å². The van der Waals surface area contributed by atoms with Crippen molar-refractivity contribution < 1.29 is 4.74 Å². The molecule has 0 fully saturated rings. The zero-order chi connectivity index (χ0) is 16.6. The molecular weight excluding hydrogens is 294 g/mol. The molecule has 0 aliphatic heterocycles. The summed E-state index contributed by atoms with van der Waals surface area (Å²) < 4.78 is 5.32. The Balaban J connectivity index is 2.02. The Morgan fingerprint density at radius 3 is 2.12 bits per heavy atom. The fraction of sp³-hybridized carbons (Fsp3) is 0.0455. The second-order valence-electron chi connectivity index (χ2n) is 5.32. The molecule has 0 heterocycles. The Morgan fingerprint density at radius 1 is 0.792 bits per heavy atom. The van der Waals surface area contributed by atoms with Gasteiger partial charge in [0.25, 0.3) is 0 Å². The topological polar surface area (TPSA) is 21.6 Å². The number of para-hydroxylation sites is 1. The molecule has 0 spiro atoms. The smallest absolute Gasteiger partial charge is 0.0909 e. The second-order valence-corrected chi connectivity index (χ2v) is 5.32. The molecule has 0 unspecified atom stereocenters. The Hall–Kier alpha value is -3.13. The maximum atomic E-state index is 5.32. The van der Waals surface area contributed by atoms with E-state index in [1.54, 1.807) is 13.4 Å². The van der Waals surface area contributed by atoms with Gasteiger partial charge in [-0.2, -0.15) is 0 Å². The molecule has 3 rings (SSSR count). The van der Waals surface area contributed by atoms with Crippen LogP contribution in [0.2, 0.25) is 0 Å². The summed E-state index contributed by atoms with van der Waals surface area (Å²) in [6, 6.07) is 28.4. The van der Waals surface area contributed by atoms with Crippen LogP contribution in [0.5, 0.6) is 0 Å². The largest absolute Gasteiger partial charge is 0.504 e. The van der Waals surface area contributed by atoms with Crippen LogP contribution in [0.4, 0.5) is 5.69 Å². The lowest BCUT2D eigenvalue weighted by molar-refractivity contribution is 0.340. The molecule has 3 aromatic carbocycles. The normalized spacial score (nSPS) is 11.6. The fourth-order valence-electron chi connectivity index (χ4n) is 2.52. The van der Waals surface area contributed by atoms with Crippen molar-refractivity contribution in [1.29, 1.82) is 0 Å². The van der Waals surface area contributed by atoms with Gasteiger partial charge < -0.3 is 4.74 Å². The van der Waals surface area contributed by atoms with Crippen LogP contribution in [-0.2, 0) is 4.74 Å². The number of benzene rings is 3. The molecule has 0 atom stereocenters. The van der Waals surface area contributed by atoms with Crippen molar-refractivity contribution in [2.45, 2.75) is 0 Å². The van der Waals surface area contributed by atoms with Gasteiger partial charge in [0.2, 0.25) is 0 Å². The SMILES string of the molecule is CO/C=C(/c1ccccc1)c1ccccc1N=Cc1ccccc1. The highest BCUT2D eigenvalue weighted by Gasteiger charge is 2.09. The van der Waals surface area contributed by atoms with Gasteiger partial charge in [-0.1, -0.05) is 78.9 Å². The summed E-state index contributed by atoms with van der Waals surface area (Å²) in [6.45, 7) is 0. The predicted octanol–water partition coefficient (Wildman–Crippen LogP) is 5.47. The third kappa shape index (κ3) is 3.79. The van der Waals surface area contributed by atoms with Crippen molar-refractivity contribution in [1.82, 2.24) is 0 Å². The van der Waals surface area contributed by atoms with Gasteiger partial charge in [0.1, 0.15) is 0 Å². The van der Waals surface area contributed by atoms with Crippen LogP contribution in [0.15, 0.2) is 96.2 Å². The monoisotopic (exact) mass is 313 g/mol. The molecule has 0 saturated heterocycles. The number of hydrogen-bond donors (Lipinski definition) is 0. The number of ether oxygens (including phenoxy) is 1. The number of nitrogens with zero attached hydrogens (tertiary/aromatic N) is 1. The molecule has 0 saturated carbocycles. The number of rotatable bonds is 5. The Bertz CT molecular complexity index is 836. The Kier molecular flexibility index (Phi) is 5.21. The third-order valence-corrected chi connectivity index (χ3v) is 3.67. The molecule has 0 radical (unpaired) electrons. The highest BCUT2D eigenvalue weighted by molar-refractivity contribution is 5.88. The van der Waals surface area contributed by atoms with Gasteiger partial charge in [0.05, 0.1) is 19.1 Å². The summed E-state index contributed by atoms with van der Waals surface area (Å²) >= 11 is 0. The quantitative estimate of drug-likeness (QED) is 0.452. The van der Waals surface area contributed by atoms with E-state index in [1.165, 1.54) is 0 Å². The van der Waals surface area contributed by atoms with E-state index < -0.39 is 0 Å². The summed E-state index contributed by atoms with van der Waals surface area (Å²) in [5.41, 5.74) is 5.14. The lowest BCUT2D eigenvalue weighted by atomic mass is 9.98. The summed E-state index contributed by atoms with van der Waals surface area (Å²) in [7, 11) is 1.67. The van der Waals surface area contributed by atoms with Crippen molar-refractivity contribution in [3.63, 3.8) is 0 Å². The highest BCUT2D eigenvalue weighted by Crippen LogP contribution is 2.31. The molecule has 0 aromatic heterocycles. The minimum Gasteiger partial charge on any atom is -0.504 e. The van der Waals surface area contributed by atoms with Crippen LogP contribution in [0.3, 0.4) is 0 Å². The maximum absolute atomic E-state index is 5.32. The maximum Gasteiger partial charge on any atom is 0.0909 e. The van der Waals surface area contributed by atoms with E-state index in [0.29, 0.717) is 0 Å². The lowest BCUT2D eigenvalue weighted by Gasteiger charge is -2.10. The average molecular weight is 313 g/mol. The van der Waals surface area contributed by atoms with E-state index in [0.717, 1.165) is 28.0 Å². The fourth-order valence-corrected chi connectivity index (χ4v) is 2.52. The zero-order valence-corrected chi connectivity index (χ0v) is 13.6. The Labute approximate surface area is 142 Å². The molecule has 0 aliphatic rings. The molecule has 0 amide bonds. The molecule has 0 bridgehead atoms. The van der Waals surface area contributed by atoms with Crippen LogP contribution in [0.1, 0.15) is 16.7 Å². The van der Waals surface area contributed by atoms with E-state index >= 15 is 0 Å². The van der Waals surface area contributed by atoms with E-state index in [1.807, 2.05) is 72.9 Å². The third-order valence-electron chi connectivity index (χ3n) is 3.67.